The Balaban J connectivity index is 2.52. The van der Waals surface area contributed by atoms with Crippen LogP contribution in [0.2, 0.25) is 0 Å². The molecule has 0 spiro atoms. The maximum atomic E-state index is 13.1. The lowest BCUT2D eigenvalue weighted by Gasteiger charge is -2.23. The molecule has 0 aliphatic rings. The van der Waals surface area contributed by atoms with Crippen LogP contribution in [-0.4, -0.2) is 30.6 Å². The average Bonchev–Trinajstić information content (AvgIpc) is 2.47. The summed E-state index contributed by atoms with van der Waals surface area (Å²) in [5, 5.41) is 0.756. The average molecular weight is 225 g/mol. The molecule has 0 radical (unpaired) electrons. The predicted molar refractivity (Wildman–Crippen MR) is 60.0 cm³/mol. The van der Waals surface area contributed by atoms with E-state index in [-0.39, 0.29) is 0 Å². The smallest absolute Gasteiger partial charge is 0.160 e. The summed E-state index contributed by atoms with van der Waals surface area (Å²) in [4.78, 5) is 2.96. The van der Waals surface area contributed by atoms with Crippen LogP contribution in [0.3, 0.4) is 0 Å². The fourth-order valence-corrected chi connectivity index (χ4v) is 1.82. The second kappa shape index (κ2) is 3.56. The van der Waals surface area contributed by atoms with E-state index in [0.717, 1.165) is 22.0 Å². The van der Waals surface area contributed by atoms with Crippen molar-refractivity contribution in [1.29, 1.82) is 0 Å². The first-order valence-electron chi connectivity index (χ1n) is 5.12. The van der Waals surface area contributed by atoms with Crippen LogP contribution in [0, 0.1) is 11.6 Å². The van der Waals surface area contributed by atoms with Crippen LogP contribution in [0.1, 0.15) is 5.56 Å². The first-order chi connectivity index (χ1) is 7.37. The normalized spacial score (nSPS) is 12.3. The molecule has 0 saturated heterocycles. The number of fused-ring (bicyclic) bond motifs is 1. The molecule has 0 unspecified atom stereocenters. The fourth-order valence-electron chi connectivity index (χ4n) is 1.82. The van der Waals surface area contributed by atoms with E-state index in [2.05, 4.69) is 26.1 Å². The number of benzene rings is 1. The minimum atomic E-state index is -0.814. The topological polar surface area (TPSA) is 15.8 Å². The highest BCUT2D eigenvalue weighted by molar-refractivity contribution is 5.83. The Morgan fingerprint density at radius 1 is 1.12 bits per heavy atom. The molecule has 0 aliphatic heterocycles. The summed E-state index contributed by atoms with van der Waals surface area (Å²) in [5.41, 5.74) is 1.64. The van der Waals surface area contributed by atoms with Crippen molar-refractivity contribution < 1.29 is 13.3 Å². The highest BCUT2D eigenvalue weighted by atomic mass is 19.2. The monoisotopic (exact) mass is 225 g/mol. The summed E-state index contributed by atoms with van der Waals surface area (Å²) in [7, 11) is 6.16. The number of aromatic amines is 1. The van der Waals surface area contributed by atoms with Gasteiger partial charge in [0.25, 0.3) is 0 Å². The molecule has 16 heavy (non-hydrogen) atoms. The van der Waals surface area contributed by atoms with E-state index in [1.54, 1.807) is 0 Å². The molecule has 4 heteroatoms. The van der Waals surface area contributed by atoms with Gasteiger partial charge in [0.15, 0.2) is 11.6 Å². The summed E-state index contributed by atoms with van der Waals surface area (Å²) in [6, 6.07) is 2.45. The zero-order valence-corrected chi connectivity index (χ0v) is 9.64. The van der Waals surface area contributed by atoms with E-state index in [0.29, 0.717) is 5.52 Å². The first-order valence-corrected chi connectivity index (χ1v) is 5.12. The molecule has 0 bridgehead atoms. The summed E-state index contributed by atoms with van der Waals surface area (Å²) >= 11 is 0. The van der Waals surface area contributed by atoms with Gasteiger partial charge in [-0.05, 0) is 6.07 Å². The number of quaternary nitrogens is 1. The second-order valence-corrected chi connectivity index (χ2v) is 5.07. The highest BCUT2D eigenvalue weighted by Crippen LogP contribution is 2.23. The lowest BCUT2D eigenvalue weighted by molar-refractivity contribution is -0.883. The molecule has 0 atom stereocenters. The molecule has 1 heterocycles. The summed E-state index contributed by atoms with van der Waals surface area (Å²) < 4.78 is 26.9. The van der Waals surface area contributed by atoms with Crippen LogP contribution in [0.5, 0.6) is 0 Å². The number of halogens is 2. The highest BCUT2D eigenvalue weighted by Gasteiger charge is 2.14. The standard InChI is InChI=1S/C12H15F2N2/c1-16(2,3)7-8-6-15-12-5-11(14)10(13)4-9(8)12/h4-6,15H,7H2,1-3H3/q+1. The molecule has 1 aromatic carbocycles. The van der Waals surface area contributed by atoms with Crippen molar-refractivity contribution in [2.45, 2.75) is 6.54 Å². The van der Waals surface area contributed by atoms with Crippen molar-refractivity contribution in [3.8, 4) is 0 Å². The molecule has 2 nitrogen and oxygen atoms in total. The van der Waals surface area contributed by atoms with E-state index < -0.39 is 11.6 Å². The van der Waals surface area contributed by atoms with E-state index >= 15 is 0 Å². The number of aromatic nitrogens is 1. The van der Waals surface area contributed by atoms with Crippen LogP contribution in [0.15, 0.2) is 18.3 Å². The molecule has 2 aromatic rings. The number of hydrogen-bond acceptors (Lipinski definition) is 0. The number of hydrogen-bond donors (Lipinski definition) is 1. The molecular formula is C12H15F2N2+. The number of rotatable bonds is 2. The Bertz CT molecular complexity index is 524. The van der Waals surface area contributed by atoms with Gasteiger partial charge in [0.05, 0.1) is 21.1 Å². The van der Waals surface area contributed by atoms with Crippen molar-refractivity contribution in [3.63, 3.8) is 0 Å². The second-order valence-electron chi connectivity index (χ2n) is 5.07. The first kappa shape index (κ1) is 11.1. The zero-order valence-electron chi connectivity index (χ0n) is 9.64. The zero-order chi connectivity index (χ0) is 11.9. The van der Waals surface area contributed by atoms with Crippen LogP contribution >= 0.6 is 0 Å². The van der Waals surface area contributed by atoms with Crippen LogP contribution in [0.4, 0.5) is 8.78 Å². The third kappa shape index (κ3) is 2.07. The SMILES string of the molecule is C[N+](C)(C)Cc1c[nH]c2cc(F)c(F)cc12. The van der Waals surface area contributed by atoms with Gasteiger partial charge in [-0.1, -0.05) is 0 Å². The largest absolute Gasteiger partial charge is 0.361 e. The van der Waals surface area contributed by atoms with Gasteiger partial charge >= 0.3 is 0 Å². The van der Waals surface area contributed by atoms with Crippen molar-refractivity contribution in [2.24, 2.45) is 0 Å². The van der Waals surface area contributed by atoms with Crippen LogP contribution < -0.4 is 0 Å². The third-order valence-corrected chi connectivity index (χ3v) is 2.45. The Labute approximate surface area is 93.1 Å². The quantitative estimate of drug-likeness (QED) is 0.756. The lowest BCUT2D eigenvalue weighted by atomic mass is 10.1. The summed E-state index contributed by atoms with van der Waals surface area (Å²) in [6.45, 7) is 0.769. The fraction of sp³-hybridized carbons (Fsp3) is 0.333. The molecule has 0 amide bonds. The molecule has 0 aliphatic carbocycles. The molecule has 86 valence electrons. The van der Waals surface area contributed by atoms with Crippen molar-refractivity contribution in [1.82, 2.24) is 4.98 Å². The van der Waals surface area contributed by atoms with Gasteiger partial charge in [-0.15, -0.1) is 0 Å². The van der Waals surface area contributed by atoms with Gasteiger partial charge in [0.1, 0.15) is 6.54 Å². The Kier molecular flexibility index (Phi) is 2.46. The molecule has 0 saturated carbocycles. The maximum Gasteiger partial charge on any atom is 0.160 e. The Morgan fingerprint density at radius 3 is 2.38 bits per heavy atom. The van der Waals surface area contributed by atoms with Crippen molar-refractivity contribution in [2.75, 3.05) is 21.1 Å². The van der Waals surface area contributed by atoms with Crippen molar-refractivity contribution >= 4 is 10.9 Å². The molecule has 1 N–H and O–H groups in total. The minimum absolute atomic E-state index is 0.641. The Morgan fingerprint density at radius 2 is 1.75 bits per heavy atom. The van der Waals surface area contributed by atoms with E-state index in [4.69, 9.17) is 0 Å². The van der Waals surface area contributed by atoms with Gasteiger partial charge in [-0.25, -0.2) is 8.78 Å². The molecule has 2 rings (SSSR count). The van der Waals surface area contributed by atoms with Gasteiger partial charge in [0, 0.05) is 28.7 Å². The van der Waals surface area contributed by atoms with Crippen molar-refractivity contribution in [3.05, 3.63) is 35.5 Å². The van der Waals surface area contributed by atoms with Gasteiger partial charge in [0.2, 0.25) is 0 Å². The molecular weight excluding hydrogens is 210 g/mol. The van der Waals surface area contributed by atoms with E-state index in [1.165, 1.54) is 12.1 Å². The number of nitrogens with zero attached hydrogens (tertiary/aromatic N) is 1. The number of nitrogens with one attached hydrogen (secondary N) is 1. The predicted octanol–water partition coefficient (Wildman–Crippen LogP) is 2.65. The van der Waals surface area contributed by atoms with Crippen LogP contribution in [0.25, 0.3) is 10.9 Å². The van der Waals surface area contributed by atoms with Gasteiger partial charge in [-0.3, -0.25) is 0 Å². The summed E-state index contributed by atoms with van der Waals surface area (Å²) in [5.74, 6) is -1.61. The molecule has 1 aromatic heterocycles. The van der Waals surface area contributed by atoms with Gasteiger partial charge in [-0.2, -0.15) is 0 Å². The lowest BCUT2D eigenvalue weighted by Crippen LogP contribution is -2.33. The van der Waals surface area contributed by atoms with E-state index in [9.17, 15) is 8.78 Å². The summed E-state index contributed by atoms with van der Waals surface area (Å²) in [6.07, 6.45) is 1.81. The Hall–Kier alpha value is -1.42. The van der Waals surface area contributed by atoms with E-state index in [1.807, 2.05) is 6.20 Å². The number of H-pyrrole nitrogens is 1. The molecule has 0 fully saturated rings. The third-order valence-electron chi connectivity index (χ3n) is 2.45. The minimum Gasteiger partial charge on any atom is -0.361 e. The van der Waals surface area contributed by atoms with Gasteiger partial charge < -0.3 is 9.47 Å². The van der Waals surface area contributed by atoms with Crippen LogP contribution in [-0.2, 0) is 6.54 Å². The maximum absolute atomic E-state index is 13.1.